The monoisotopic (exact) mass is 856 g/mol. The second-order valence-electron chi connectivity index (χ2n) is 0. The molecule has 0 fully saturated rings. The summed E-state index contributed by atoms with van der Waals surface area (Å²) < 4.78 is 0. The molecule has 5 heavy (non-hydrogen) atoms. The van der Waals surface area contributed by atoms with Crippen LogP contribution in [0.1, 0.15) is 0 Å². The SMILES string of the molecule is [Sn].[W].[W].[W].[W]. The van der Waals surface area contributed by atoms with Gasteiger partial charge in [0.1, 0.15) is 0 Å². The normalized spacial score (nSPS) is 0. The van der Waals surface area contributed by atoms with Gasteiger partial charge in [-0.25, -0.2) is 0 Å². The molecule has 0 atom stereocenters. The first kappa shape index (κ1) is 38.7. The van der Waals surface area contributed by atoms with Crippen LogP contribution >= 0.6 is 0 Å². The van der Waals surface area contributed by atoms with Crippen molar-refractivity contribution < 1.29 is 84.3 Å². The third kappa shape index (κ3) is 18.5. The Balaban J connectivity index is 0. The van der Waals surface area contributed by atoms with Crippen LogP contribution in [-0.2, 0) is 84.3 Å². The molecular formula is SnW4. The second-order valence-corrected chi connectivity index (χ2v) is 0. The Morgan fingerprint density at radius 3 is 0.400 bits per heavy atom. The first-order chi connectivity index (χ1) is 0. The maximum Gasteiger partial charge on any atom is 0 e. The zero-order chi connectivity index (χ0) is 0. The van der Waals surface area contributed by atoms with Crippen LogP contribution in [0.2, 0.25) is 0 Å². The van der Waals surface area contributed by atoms with Gasteiger partial charge in [0.2, 0.25) is 0 Å². The standard InChI is InChI=1S/Sn.4W. The van der Waals surface area contributed by atoms with Gasteiger partial charge in [0.15, 0.2) is 0 Å². The first-order valence-electron chi connectivity index (χ1n) is 0. The number of hydrogen-bond donors (Lipinski definition) is 0. The minimum atomic E-state index is 0. The Morgan fingerprint density at radius 1 is 0.400 bits per heavy atom. The summed E-state index contributed by atoms with van der Waals surface area (Å²) in [4.78, 5) is 0. The molecule has 0 aromatic heterocycles. The summed E-state index contributed by atoms with van der Waals surface area (Å²) in [5, 5.41) is 0. The van der Waals surface area contributed by atoms with Crippen LogP contribution in [0.15, 0.2) is 0 Å². The summed E-state index contributed by atoms with van der Waals surface area (Å²) in [6.45, 7) is 0. The molecule has 0 N–H and O–H groups in total. The van der Waals surface area contributed by atoms with Gasteiger partial charge in [-0.2, -0.15) is 0 Å². The Labute approximate surface area is 106 Å². The topological polar surface area (TPSA) is 0 Å². The molecule has 0 aliphatic carbocycles. The Kier molecular flexibility index (Phi) is 199. The van der Waals surface area contributed by atoms with Gasteiger partial charge < -0.3 is 0 Å². The van der Waals surface area contributed by atoms with E-state index in [0.29, 0.717) is 0 Å². The average Bonchev–Trinajstić information content (AvgIpc) is 0. The molecule has 0 aromatic carbocycles. The van der Waals surface area contributed by atoms with Crippen molar-refractivity contribution in [2.45, 2.75) is 0 Å². The minimum Gasteiger partial charge on any atom is 0 e. The van der Waals surface area contributed by atoms with E-state index in [4.69, 9.17) is 0 Å². The van der Waals surface area contributed by atoms with Crippen molar-refractivity contribution in [2.24, 2.45) is 0 Å². The van der Waals surface area contributed by atoms with Gasteiger partial charge in [0.25, 0.3) is 0 Å². The predicted octanol–water partition coefficient (Wildman–Crippen LogP) is -0.391. The maximum atomic E-state index is 0. The third-order valence-corrected chi connectivity index (χ3v) is 0. The molecule has 0 unspecified atom stereocenters. The van der Waals surface area contributed by atoms with Crippen LogP contribution in [-0.4, -0.2) is 23.9 Å². The van der Waals surface area contributed by atoms with E-state index in [9.17, 15) is 0 Å². The van der Waals surface area contributed by atoms with Crippen LogP contribution in [0.4, 0.5) is 0 Å². The second kappa shape index (κ2) is 25.7. The van der Waals surface area contributed by atoms with Crippen molar-refractivity contribution >= 4 is 23.9 Å². The summed E-state index contributed by atoms with van der Waals surface area (Å²) in [5.74, 6) is 0. The number of hydrogen-bond acceptors (Lipinski definition) is 0. The summed E-state index contributed by atoms with van der Waals surface area (Å²) in [6, 6.07) is 0. The molecule has 0 rings (SSSR count). The zero-order valence-electron chi connectivity index (χ0n) is 2.13. The van der Waals surface area contributed by atoms with Crippen molar-refractivity contribution in [3.8, 4) is 0 Å². The molecule has 0 saturated carbocycles. The molecule has 28 valence electrons. The first-order valence-corrected chi connectivity index (χ1v) is 0. The number of rotatable bonds is 0. The molecule has 0 saturated heterocycles. The van der Waals surface area contributed by atoms with E-state index in [2.05, 4.69) is 0 Å². The van der Waals surface area contributed by atoms with Crippen LogP contribution in [0, 0.1) is 0 Å². The van der Waals surface area contributed by atoms with Gasteiger partial charge in [0, 0.05) is 108 Å². The zero-order valence-corrected chi connectivity index (χ0v) is 16.7. The quantitative estimate of drug-likeness (QED) is 0.292. The largest absolute Gasteiger partial charge is 0 e. The van der Waals surface area contributed by atoms with Gasteiger partial charge >= 0.3 is 0 Å². The molecule has 0 nitrogen and oxygen atoms in total. The summed E-state index contributed by atoms with van der Waals surface area (Å²) in [5.41, 5.74) is 0. The van der Waals surface area contributed by atoms with E-state index >= 15 is 0 Å². The molecule has 4 radical (unpaired) electrons. The van der Waals surface area contributed by atoms with E-state index in [1.165, 1.54) is 0 Å². The third-order valence-electron chi connectivity index (χ3n) is 0. The molecule has 5 heteroatoms. The molecule has 0 spiro atoms. The van der Waals surface area contributed by atoms with Gasteiger partial charge in [-0.05, 0) is 0 Å². The molecule has 0 aliphatic heterocycles. The van der Waals surface area contributed by atoms with Crippen LogP contribution in [0.25, 0.3) is 0 Å². The van der Waals surface area contributed by atoms with E-state index in [1.54, 1.807) is 0 Å². The van der Waals surface area contributed by atoms with Gasteiger partial charge in [0.05, 0.1) is 0 Å². The minimum absolute atomic E-state index is 0. The Hall–Kier alpha value is 3.55. The smallest absolute Gasteiger partial charge is 0 e. The van der Waals surface area contributed by atoms with Gasteiger partial charge in [-0.15, -0.1) is 0 Å². The summed E-state index contributed by atoms with van der Waals surface area (Å²) in [6.07, 6.45) is 0. The summed E-state index contributed by atoms with van der Waals surface area (Å²) in [7, 11) is 0. The summed E-state index contributed by atoms with van der Waals surface area (Å²) >= 11 is 0. The van der Waals surface area contributed by atoms with Crippen LogP contribution in [0.5, 0.6) is 0 Å². The van der Waals surface area contributed by atoms with E-state index < -0.39 is 0 Å². The van der Waals surface area contributed by atoms with Gasteiger partial charge in [-0.1, -0.05) is 0 Å². The van der Waals surface area contributed by atoms with Crippen LogP contribution in [0.3, 0.4) is 0 Å². The van der Waals surface area contributed by atoms with E-state index in [1.807, 2.05) is 0 Å². The fraction of sp³-hybridized carbons (Fsp3) is 0. The van der Waals surface area contributed by atoms with E-state index in [-0.39, 0.29) is 108 Å². The van der Waals surface area contributed by atoms with E-state index in [0.717, 1.165) is 0 Å². The van der Waals surface area contributed by atoms with Crippen molar-refractivity contribution in [2.75, 3.05) is 0 Å². The van der Waals surface area contributed by atoms with Crippen molar-refractivity contribution in [3.05, 3.63) is 0 Å². The molecule has 0 aliphatic rings. The van der Waals surface area contributed by atoms with Crippen molar-refractivity contribution in [3.63, 3.8) is 0 Å². The van der Waals surface area contributed by atoms with Crippen LogP contribution < -0.4 is 0 Å². The Bertz CT molecular complexity index is 3.61. The van der Waals surface area contributed by atoms with Crippen molar-refractivity contribution in [1.29, 1.82) is 0 Å². The Morgan fingerprint density at radius 2 is 0.400 bits per heavy atom. The van der Waals surface area contributed by atoms with Crippen molar-refractivity contribution in [1.82, 2.24) is 0 Å². The molecule has 0 bridgehead atoms. The molecule has 0 aromatic rings. The fourth-order valence-electron chi connectivity index (χ4n) is 0. The van der Waals surface area contributed by atoms with Gasteiger partial charge in [-0.3, -0.25) is 0 Å². The molecule has 0 amide bonds. The average molecular weight is 854 g/mol. The fourth-order valence-corrected chi connectivity index (χ4v) is 0. The maximum absolute atomic E-state index is 0. The molecule has 0 heterocycles. The molecular weight excluding hydrogens is 854 g/mol. The predicted molar refractivity (Wildman–Crippen MR) is 5.75 cm³/mol.